The molecule has 3 rings (SSSR count). The number of nitrogens with one attached hydrogen (secondary N) is 1. The lowest BCUT2D eigenvalue weighted by Crippen LogP contribution is -2.36. The number of aliphatic carboxylic acids is 1. The average Bonchev–Trinajstić information content (AvgIpc) is 2.57. The van der Waals surface area contributed by atoms with Gasteiger partial charge in [0.05, 0.1) is 5.92 Å². The second-order valence-corrected chi connectivity index (χ2v) is 5.85. The number of hydrogen-bond acceptors (Lipinski definition) is 5. The normalized spacial score (nSPS) is 15.4. The quantitative estimate of drug-likeness (QED) is 0.904. The summed E-state index contributed by atoms with van der Waals surface area (Å²) in [5.41, 5.74) is 2.19. The molecule has 1 aromatic carbocycles. The van der Waals surface area contributed by atoms with Crippen molar-refractivity contribution in [1.82, 2.24) is 9.97 Å². The molecule has 0 radical (unpaired) electrons. The molecule has 2 aromatic rings. The van der Waals surface area contributed by atoms with E-state index in [0.29, 0.717) is 25.9 Å². The Hall–Kier alpha value is -2.63. The molecule has 0 saturated carbocycles. The molecule has 0 aliphatic carbocycles. The Labute approximate surface area is 135 Å². The van der Waals surface area contributed by atoms with Crippen LogP contribution in [-0.4, -0.2) is 34.1 Å². The maximum atomic E-state index is 11.0. The zero-order valence-electron chi connectivity index (χ0n) is 13.1. The molecule has 23 heavy (non-hydrogen) atoms. The maximum Gasteiger partial charge on any atom is 0.306 e. The van der Waals surface area contributed by atoms with Gasteiger partial charge in [0.2, 0.25) is 0 Å². The van der Waals surface area contributed by atoms with Crippen LogP contribution in [0.3, 0.4) is 0 Å². The largest absolute Gasteiger partial charge is 0.481 e. The fourth-order valence-electron chi connectivity index (χ4n) is 2.73. The summed E-state index contributed by atoms with van der Waals surface area (Å²) in [5.74, 6) is 0.630. The van der Waals surface area contributed by atoms with Crippen LogP contribution in [0.2, 0.25) is 0 Å². The SMILES string of the molecule is Cc1ccc(Nc2cc(N3CCC(C(=O)O)CC3)ncn2)cc1. The standard InChI is InChI=1S/C17H20N4O2/c1-12-2-4-14(5-3-12)20-15-10-16(19-11-18-15)21-8-6-13(7-9-21)17(22)23/h2-5,10-11,13H,6-9H2,1H3,(H,22,23)(H,18,19,20). The number of benzene rings is 1. The summed E-state index contributed by atoms with van der Waals surface area (Å²) < 4.78 is 0. The molecule has 0 bridgehead atoms. The first-order chi connectivity index (χ1) is 11.1. The third kappa shape index (κ3) is 3.77. The number of aryl methyl sites for hydroxylation is 1. The number of carboxylic acid groups (broad SMARTS) is 1. The summed E-state index contributed by atoms with van der Waals surface area (Å²) in [6.45, 7) is 3.46. The van der Waals surface area contributed by atoms with Crippen molar-refractivity contribution >= 4 is 23.3 Å². The van der Waals surface area contributed by atoms with Gasteiger partial charge >= 0.3 is 5.97 Å². The zero-order chi connectivity index (χ0) is 16.2. The molecule has 0 unspecified atom stereocenters. The van der Waals surface area contributed by atoms with Crippen molar-refractivity contribution in [3.05, 3.63) is 42.2 Å². The van der Waals surface area contributed by atoms with Crippen molar-refractivity contribution in [2.75, 3.05) is 23.3 Å². The summed E-state index contributed by atoms with van der Waals surface area (Å²) in [4.78, 5) is 21.7. The summed E-state index contributed by atoms with van der Waals surface area (Å²) in [5, 5.41) is 12.3. The average molecular weight is 312 g/mol. The molecule has 6 heteroatoms. The maximum absolute atomic E-state index is 11.0. The summed E-state index contributed by atoms with van der Waals surface area (Å²) >= 11 is 0. The lowest BCUT2D eigenvalue weighted by Gasteiger charge is -2.31. The predicted octanol–water partition coefficient (Wildman–Crippen LogP) is 2.83. The van der Waals surface area contributed by atoms with Crippen LogP contribution in [0.5, 0.6) is 0 Å². The first-order valence-corrected chi connectivity index (χ1v) is 7.75. The fraction of sp³-hybridized carbons (Fsp3) is 0.353. The lowest BCUT2D eigenvalue weighted by atomic mass is 9.97. The van der Waals surface area contributed by atoms with Crippen molar-refractivity contribution in [2.24, 2.45) is 5.92 Å². The van der Waals surface area contributed by atoms with Crippen molar-refractivity contribution in [2.45, 2.75) is 19.8 Å². The molecule has 0 atom stereocenters. The van der Waals surface area contributed by atoms with Crippen LogP contribution < -0.4 is 10.2 Å². The number of anilines is 3. The van der Waals surface area contributed by atoms with E-state index in [4.69, 9.17) is 5.11 Å². The number of piperidine rings is 1. The van der Waals surface area contributed by atoms with Crippen molar-refractivity contribution in [1.29, 1.82) is 0 Å². The van der Waals surface area contributed by atoms with Crippen LogP contribution in [0, 0.1) is 12.8 Å². The third-order valence-corrected chi connectivity index (χ3v) is 4.14. The lowest BCUT2D eigenvalue weighted by molar-refractivity contribution is -0.142. The van der Waals surface area contributed by atoms with Gasteiger partial charge in [-0.05, 0) is 31.9 Å². The molecule has 6 nitrogen and oxygen atoms in total. The second kappa shape index (κ2) is 6.64. The molecule has 120 valence electrons. The smallest absolute Gasteiger partial charge is 0.306 e. The van der Waals surface area contributed by atoms with Crippen LogP contribution in [-0.2, 0) is 4.79 Å². The minimum Gasteiger partial charge on any atom is -0.481 e. The van der Waals surface area contributed by atoms with Gasteiger partial charge in [-0.25, -0.2) is 9.97 Å². The van der Waals surface area contributed by atoms with E-state index in [0.717, 1.165) is 17.3 Å². The van der Waals surface area contributed by atoms with Gasteiger partial charge in [-0.2, -0.15) is 0 Å². The highest BCUT2D eigenvalue weighted by atomic mass is 16.4. The predicted molar refractivity (Wildman–Crippen MR) is 89.1 cm³/mol. The second-order valence-electron chi connectivity index (χ2n) is 5.85. The van der Waals surface area contributed by atoms with E-state index in [1.165, 1.54) is 11.9 Å². The van der Waals surface area contributed by atoms with Crippen LogP contribution in [0.25, 0.3) is 0 Å². The minimum absolute atomic E-state index is 0.238. The van der Waals surface area contributed by atoms with Crippen molar-refractivity contribution < 1.29 is 9.90 Å². The topological polar surface area (TPSA) is 78.4 Å². The molecular weight excluding hydrogens is 292 g/mol. The molecule has 2 heterocycles. The van der Waals surface area contributed by atoms with E-state index < -0.39 is 5.97 Å². The number of aromatic nitrogens is 2. The molecule has 1 aliphatic heterocycles. The van der Waals surface area contributed by atoms with Crippen molar-refractivity contribution in [3.8, 4) is 0 Å². The zero-order valence-corrected chi connectivity index (χ0v) is 13.1. The molecule has 0 amide bonds. The Balaban J connectivity index is 1.68. The highest BCUT2D eigenvalue weighted by molar-refractivity contribution is 5.70. The molecule has 1 saturated heterocycles. The Bertz CT molecular complexity index is 679. The Morgan fingerprint density at radius 3 is 2.57 bits per heavy atom. The van der Waals surface area contributed by atoms with Gasteiger partial charge in [-0.15, -0.1) is 0 Å². The van der Waals surface area contributed by atoms with Gasteiger partial charge in [0, 0.05) is 24.8 Å². The number of carboxylic acids is 1. The first kappa shape index (κ1) is 15.3. The Kier molecular flexibility index (Phi) is 4.41. The Morgan fingerprint density at radius 2 is 1.91 bits per heavy atom. The minimum atomic E-state index is -0.700. The van der Waals surface area contributed by atoms with Gasteiger partial charge in [0.1, 0.15) is 18.0 Å². The van der Waals surface area contributed by atoms with E-state index in [9.17, 15) is 4.79 Å². The van der Waals surface area contributed by atoms with Crippen LogP contribution in [0.4, 0.5) is 17.3 Å². The molecule has 1 aromatic heterocycles. The van der Waals surface area contributed by atoms with Crippen molar-refractivity contribution in [3.63, 3.8) is 0 Å². The molecule has 1 fully saturated rings. The highest BCUT2D eigenvalue weighted by Gasteiger charge is 2.25. The highest BCUT2D eigenvalue weighted by Crippen LogP contribution is 2.24. The van der Waals surface area contributed by atoms with E-state index in [1.54, 1.807) is 0 Å². The summed E-state index contributed by atoms with van der Waals surface area (Å²) in [7, 11) is 0. The van der Waals surface area contributed by atoms with E-state index in [-0.39, 0.29) is 5.92 Å². The molecule has 1 aliphatic rings. The number of rotatable bonds is 4. The van der Waals surface area contributed by atoms with Gasteiger partial charge in [-0.1, -0.05) is 17.7 Å². The summed E-state index contributed by atoms with van der Waals surface area (Å²) in [6, 6.07) is 10.0. The van der Waals surface area contributed by atoms with E-state index in [2.05, 4.69) is 20.2 Å². The Morgan fingerprint density at radius 1 is 1.22 bits per heavy atom. The van der Waals surface area contributed by atoms with Gasteiger partial charge in [0.15, 0.2) is 0 Å². The molecule has 2 N–H and O–H groups in total. The van der Waals surface area contributed by atoms with Gasteiger partial charge < -0.3 is 15.3 Å². The first-order valence-electron chi connectivity index (χ1n) is 7.75. The van der Waals surface area contributed by atoms with Crippen LogP contribution in [0.1, 0.15) is 18.4 Å². The number of nitrogens with zero attached hydrogens (tertiary/aromatic N) is 3. The van der Waals surface area contributed by atoms with Crippen LogP contribution >= 0.6 is 0 Å². The number of hydrogen-bond donors (Lipinski definition) is 2. The van der Waals surface area contributed by atoms with Gasteiger partial charge in [-0.3, -0.25) is 4.79 Å². The molecule has 0 spiro atoms. The monoisotopic (exact) mass is 312 g/mol. The van der Waals surface area contributed by atoms with E-state index in [1.807, 2.05) is 37.3 Å². The van der Waals surface area contributed by atoms with Crippen LogP contribution in [0.15, 0.2) is 36.7 Å². The summed E-state index contributed by atoms with van der Waals surface area (Å²) in [6.07, 6.45) is 2.84. The number of carbonyl (C=O) groups is 1. The molecular formula is C17H20N4O2. The van der Waals surface area contributed by atoms with Gasteiger partial charge in [0.25, 0.3) is 0 Å². The third-order valence-electron chi connectivity index (χ3n) is 4.14. The fourth-order valence-corrected chi connectivity index (χ4v) is 2.73. The van der Waals surface area contributed by atoms with E-state index >= 15 is 0 Å².